The summed E-state index contributed by atoms with van der Waals surface area (Å²) >= 11 is 3.58. The Labute approximate surface area is 82.1 Å². The molecular weight excluding hydrogens is 212 g/mol. The van der Waals surface area contributed by atoms with Crippen LogP contribution in [-0.2, 0) is 6.42 Å². The molecule has 1 aromatic carbocycles. The Hall–Kier alpha value is -0.300. The van der Waals surface area contributed by atoms with E-state index >= 15 is 0 Å². The van der Waals surface area contributed by atoms with E-state index in [1.165, 1.54) is 19.3 Å². The monoisotopic (exact) mass is 224 g/mol. The molecule has 0 aliphatic heterocycles. The van der Waals surface area contributed by atoms with Crippen LogP contribution in [0, 0.1) is 0 Å². The third kappa shape index (κ3) is 1.42. The number of halogens is 1. The number of alkyl halides is 1. The molecule has 0 spiro atoms. The smallest absolute Gasteiger partial charge is 0.0100 e. The highest BCUT2D eigenvalue weighted by molar-refractivity contribution is 9.09. The molecule has 0 nitrogen and oxygen atoms in total. The number of benzene rings is 1. The van der Waals surface area contributed by atoms with Crippen molar-refractivity contribution in [2.75, 3.05) is 5.33 Å². The molecule has 0 saturated heterocycles. The van der Waals surface area contributed by atoms with E-state index in [0.29, 0.717) is 0 Å². The number of hydrogen-bond acceptors (Lipinski definition) is 0. The fraction of sp³-hybridized carbons (Fsp3) is 0.455. The lowest BCUT2D eigenvalue weighted by atomic mass is 9.84. The molecule has 2 rings (SSSR count). The first kappa shape index (κ1) is 8.31. The molecule has 0 fully saturated rings. The summed E-state index contributed by atoms with van der Waals surface area (Å²) in [6.07, 6.45) is 3.98. The van der Waals surface area contributed by atoms with E-state index in [1.54, 1.807) is 11.1 Å². The maximum absolute atomic E-state index is 3.58. The van der Waals surface area contributed by atoms with Crippen molar-refractivity contribution in [1.82, 2.24) is 0 Å². The zero-order chi connectivity index (χ0) is 8.39. The number of rotatable bonds is 1. The maximum atomic E-state index is 3.58. The topological polar surface area (TPSA) is 0 Å². The summed E-state index contributed by atoms with van der Waals surface area (Å²) in [5, 5.41) is 1.12. The predicted octanol–water partition coefficient (Wildman–Crippen LogP) is 3.50. The molecule has 0 bridgehead atoms. The minimum Gasteiger partial charge on any atom is -0.0921 e. The van der Waals surface area contributed by atoms with Gasteiger partial charge in [0.05, 0.1) is 0 Å². The van der Waals surface area contributed by atoms with Gasteiger partial charge in [0, 0.05) is 5.33 Å². The van der Waals surface area contributed by atoms with Crippen LogP contribution in [0.2, 0.25) is 0 Å². The second-order valence-electron chi connectivity index (χ2n) is 3.44. The van der Waals surface area contributed by atoms with E-state index in [4.69, 9.17) is 0 Å². The van der Waals surface area contributed by atoms with Crippen LogP contribution in [-0.4, -0.2) is 5.33 Å². The normalized spacial score (nSPS) is 21.9. The van der Waals surface area contributed by atoms with E-state index in [9.17, 15) is 0 Å². The highest BCUT2D eigenvalue weighted by Gasteiger charge is 2.17. The maximum Gasteiger partial charge on any atom is 0.0100 e. The summed E-state index contributed by atoms with van der Waals surface area (Å²) < 4.78 is 0. The average molecular weight is 225 g/mol. The third-order valence-electron chi connectivity index (χ3n) is 2.68. The van der Waals surface area contributed by atoms with Gasteiger partial charge in [-0.1, -0.05) is 40.2 Å². The second-order valence-corrected chi connectivity index (χ2v) is 4.09. The first-order chi connectivity index (χ1) is 5.92. The minimum atomic E-state index is 0.759. The highest BCUT2D eigenvalue weighted by atomic mass is 79.9. The summed E-state index contributed by atoms with van der Waals surface area (Å²) in [5.74, 6) is 0.759. The van der Waals surface area contributed by atoms with Crippen LogP contribution >= 0.6 is 15.9 Å². The zero-order valence-corrected chi connectivity index (χ0v) is 8.68. The van der Waals surface area contributed by atoms with Gasteiger partial charge in [-0.3, -0.25) is 0 Å². The van der Waals surface area contributed by atoms with Crippen LogP contribution in [0.1, 0.15) is 29.9 Å². The lowest BCUT2D eigenvalue weighted by Gasteiger charge is -2.23. The van der Waals surface area contributed by atoms with Crippen molar-refractivity contribution in [3.8, 4) is 0 Å². The van der Waals surface area contributed by atoms with Crippen molar-refractivity contribution in [2.45, 2.75) is 25.2 Å². The first-order valence-electron chi connectivity index (χ1n) is 4.55. The summed E-state index contributed by atoms with van der Waals surface area (Å²) in [4.78, 5) is 0. The quantitative estimate of drug-likeness (QED) is 0.641. The van der Waals surface area contributed by atoms with Crippen LogP contribution in [0.4, 0.5) is 0 Å². The highest BCUT2D eigenvalue weighted by Crippen LogP contribution is 2.32. The van der Waals surface area contributed by atoms with E-state index < -0.39 is 0 Å². The first-order valence-corrected chi connectivity index (χ1v) is 5.67. The van der Waals surface area contributed by atoms with Gasteiger partial charge < -0.3 is 0 Å². The largest absolute Gasteiger partial charge is 0.0921 e. The van der Waals surface area contributed by atoms with Gasteiger partial charge in [0.2, 0.25) is 0 Å². The Morgan fingerprint density at radius 1 is 1.33 bits per heavy atom. The van der Waals surface area contributed by atoms with Gasteiger partial charge in [-0.05, 0) is 36.3 Å². The summed E-state index contributed by atoms with van der Waals surface area (Å²) in [5.41, 5.74) is 3.13. The molecule has 1 aromatic rings. The second kappa shape index (κ2) is 3.61. The van der Waals surface area contributed by atoms with Crippen molar-refractivity contribution < 1.29 is 0 Å². The van der Waals surface area contributed by atoms with Gasteiger partial charge >= 0.3 is 0 Å². The van der Waals surface area contributed by atoms with Crippen LogP contribution in [0.3, 0.4) is 0 Å². The average Bonchev–Trinajstić information content (AvgIpc) is 2.17. The Kier molecular flexibility index (Phi) is 2.50. The van der Waals surface area contributed by atoms with Crippen molar-refractivity contribution >= 4 is 15.9 Å². The molecule has 1 atom stereocenters. The van der Waals surface area contributed by atoms with Gasteiger partial charge in [0.25, 0.3) is 0 Å². The van der Waals surface area contributed by atoms with Crippen molar-refractivity contribution in [3.05, 3.63) is 35.4 Å². The Balaban J connectivity index is 2.37. The molecule has 1 aliphatic rings. The van der Waals surface area contributed by atoms with Crippen LogP contribution in [0.25, 0.3) is 0 Å². The van der Waals surface area contributed by atoms with Crippen molar-refractivity contribution in [3.63, 3.8) is 0 Å². The molecule has 1 heteroatoms. The zero-order valence-electron chi connectivity index (χ0n) is 7.09. The fourth-order valence-electron chi connectivity index (χ4n) is 2.01. The van der Waals surface area contributed by atoms with E-state index in [0.717, 1.165) is 11.2 Å². The molecule has 0 unspecified atom stereocenters. The van der Waals surface area contributed by atoms with Crippen LogP contribution < -0.4 is 0 Å². The molecule has 0 radical (unpaired) electrons. The Bertz CT molecular complexity index is 267. The lowest BCUT2D eigenvalue weighted by molar-refractivity contribution is 0.599. The number of hydrogen-bond donors (Lipinski definition) is 0. The lowest BCUT2D eigenvalue weighted by Crippen LogP contribution is -2.10. The molecule has 0 amide bonds. The van der Waals surface area contributed by atoms with Gasteiger partial charge in [0.15, 0.2) is 0 Å². The molecule has 0 heterocycles. The van der Waals surface area contributed by atoms with Crippen molar-refractivity contribution in [2.24, 2.45) is 0 Å². The molecular formula is C11H13Br. The van der Waals surface area contributed by atoms with Crippen LogP contribution in [0.15, 0.2) is 24.3 Å². The third-order valence-corrected chi connectivity index (χ3v) is 3.46. The molecule has 12 heavy (non-hydrogen) atoms. The van der Waals surface area contributed by atoms with Crippen LogP contribution in [0.5, 0.6) is 0 Å². The number of fused-ring (bicyclic) bond motifs is 1. The van der Waals surface area contributed by atoms with E-state index in [1.807, 2.05) is 0 Å². The molecule has 0 saturated carbocycles. The Morgan fingerprint density at radius 3 is 3.00 bits per heavy atom. The van der Waals surface area contributed by atoms with Gasteiger partial charge in [-0.15, -0.1) is 0 Å². The summed E-state index contributed by atoms with van der Waals surface area (Å²) in [6.45, 7) is 0. The minimum absolute atomic E-state index is 0.759. The molecule has 0 aromatic heterocycles. The summed E-state index contributed by atoms with van der Waals surface area (Å²) in [7, 11) is 0. The number of aryl methyl sites for hydroxylation is 1. The Morgan fingerprint density at radius 2 is 2.17 bits per heavy atom. The summed E-state index contributed by atoms with van der Waals surface area (Å²) in [6, 6.07) is 8.85. The molecule has 0 N–H and O–H groups in total. The standard InChI is InChI=1S/C11H13Br/c12-8-10-6-3-5-9-4-1-2-7-11(9)10/h1-2,4,7,10H,3,5-6,8H2/t10-/m0/s1. The SMILES string of the molecule is BrC[C@@H]1CCCc2ccccc21. The fourth-order valence-corrected chi connectivity index (χ4v) is 2.69. The molecule has 1 aliphatic carbocycles. The van der Waals surface area contributed by atoms with Gasteiger partial charge in [-0.2, -0.15) is 0 Å². The van der Waals surface area contributed by atoms with Gasteiger partial charge in [-0.25, -0.2) is 0 Å². The predicted molar refractivity (Wildman–Crippen MR) is 55.9 cm³/mol. The van der Waals surface area contributed by atoms with Crippen molar-refractivity contribution in [1.29, 1.82) is 0 Å². The van der Waals surface area contributed by atoms with Gasteiger partial charge in [0.1, 0.15) is 0 Å². The van der Waals surface area contributed by atoms with E-state index in [-0.39, 0.29) is 0 Å². The van der Waals surface area contributed by atoms with E-state index in [2.05, 4.69) is 40.2 Å². The molecule has 64 valence electrons.